The van der Waals surface area contributed by atoms with E-state index in [2.05, 4.69) is 11.2 Å². The SMILES string of the molecule is Cc1ccc(C)c(-c2[c]cn(C(N)=O)n2)c1. The van der Waals surface area contributed by atoms with Gasteiger partial charge in [-0.05, 0) is 25.5 Å². The number of carbonyl (C=O) groups is 1. The molecule has 0 unspecified atom stereocenters. The van der Waals surface area contributed by atoms with Crippen molar-refractivity contribution in [3.8, 4) is 11.3 Å². The number of carbonyl (C=O) groups excluding carboxylic acids is 1. The van der Waals surface area contributed by atoms with E-state index in [-0.39, 0.29) is 0 Å². The van der Waals surface area contributed by atoms with Crippen LogP contribution >= 0.6 is 0 Å². The molecule has 0 aliphatic carbocycles. The zero-order chi connectivity index (χ0) is 11.7. The Morgan fingerprint density at radius 1 is 1.44 bits per heavy atom. The van der Waals surface area contributed by atoms with Crippen LogP contribution in [0.4, 0.5) is 4.79 Å². The fourth-order valence-electron chi connectivity index (χ4n) is 1.52. The topological polar surface area (TPSA) is 60.9 Å². The predicted molar refractivity (Wildman–Crippen MR) is 61.0 cm³/mol. The molecule has 0 saturated heterocycles. The van der Waals surface area contributed by atoms with E-state index in [0.717, 1.165) is 21.4 Å². The number of nitrogens with two attached hydrogens (primary N) is 1. The Labute approximate surface area is 93.7 Å². The fourth-order valence-corrected chi connectivity index (χ4v) is 1.52. The molecule has 2 aromatic rings. The van der Waals surface area contributed by atoms with Crippen LogP contribution in [0.25, 0.3) is 11.3 Å². The molecule has 4 nitrogen and oxygen atoms in total. The minimum Gasteiger partial charge on any atom is -0.350 e. The summed E-state index contributed by atoms with van der Waals surface area (Å²) in [6.07, 6.45) is 1.44. The van der Waals surface area contributed by atoms with Crippen molar-refractivity contribution < 1.29 is 4.79 Å². The molecule has 2 N–H and O–H groups in total. The third-order valence-electron chi connectivity index (χ3n) is 2.41. The summed E-state index contributed by atoms with van der Waals surface area (Å²) in [5, 5.41) is 4.07. The molecule has 16 heavy (non-hydrogen) atoms. The first-order valence-electron chi connectivity index (χ1n) is 4.92. The van der Waals surface area contributed by atoms with Crippen molar-refractivity contribution in [2.24, 2.45) is 5.73 Å². The average Bonchev–Trinajstić information content (AvgIpc) is 2.70. The van der Waals surface area contributed by atoms with Gasteiger partial charge in [0.25, 0.3) is 0 Å². The minimum atomic E-state index is -0.604. The largest absolute Gasteiger partial charge is 0.350 e. The number of benzene rings is 1. The maximum absolute atomic E-state index is 10.9. The molecular weight excluding hydrogens is 202 g/mol. The number of hydrogen-bond donors (Lipinski definition) is 1. The van der Waals surface area contributed by atoms with Crippen LogP contribution in [-0.4, -0.2) is 15.8 Å². The lowest BCUT2D eigenvalue weighted by Crippen LogP contribution is -2.19. The molecule has 0 fully saturated rings. The number of aromatic nitrogens is 2. The fraction of sp³-hybridized carbons (Fsp3) is 0.167. The molecule has 0 atom stereocenters. The van der Waals surface area contributed by atoms with Crippen LogP contribution in [0.3, 0.4) is 0 Å². The summed E-state index contributed by atoms with van der Waals surface area (Å²) in [6.45, 7) is 4.00. The molecule has 1 heterocycles. The summed E-state index contributed by atoms with van der Waals surface area (Å²) in [7, 11) is 0. The molecule has 0 spiro atoms. The van der Waals surface area contributed by atoms with Gasteiger partial charge >= 0.3 is 6.03 Å². The number of hydrogen-bond acceptors (Lipinski definition) is 2. The molecule has 1 aromatic carbocycles. The third-order valence-corrected chi connectivity index (χ3v) is 2.41. The molecule has 4 heteroatoms. The third kappa shape index (κ3) is 1.82. The second kappa shape index (κ2) is 3.81. The van der Waals surface area contributed by atoms with Crippen molar-refractivity contribution in [1.29, 1.82) is 0 Å². The lowest BCUT2D eigenvalue weighted by Gasteiger charge is -2.03. The Balaban J connectivity index is 2.50. The highest BCUT2D eigenvalue weighted by molar-refractivity contribution is 5.75. The highest BCUT2D eigenvalue weighted by Gasteiger charge is 2.08. The van der Waals surface area contributed by atoms with E-state index in [1.54, 1.807) is 0 Å². The molecule has 1 radical (unpaired) electrons. The normalized spacial score (nSPS) is 10.4. The van der Waals surface area contributed by atoms with Gasteiger partial charge in [-0.25, -0.2) is 4.79 Å². The van der Waals surface area contributed by atoms with E-state index in [1.165, 1.54) is 6.20 Å². The first-order chi connectivity index (χ1) is 7.58. The highest BCUT2D eigenvalue weighted by Crippen LogP contribution is 2.22. The van der Waals surface area contributed by atoms with Crippen LogP contribution in [0.1, 0.15) is 11.1 Å². The van der Waals surface area contributed by atoms with Crippen molar-refractivity contribution in [3.63, 3.8) is 0 Å². The number of amides is 1. The second-order valence-corrected chi connectivity index (χ2v) is 3.72. The van der Waals surface area contributed by atoms with E-state index in [0.29, 0.717) is 5.69 Å². The Kier molecular flexibility index (Phi) is 2.48. The van der Waals surface area contributed by atoms with Gasteiger partial charge in [-0.3, -0.25) is 0 Å². The summed E-state index contributed by atoms with van der Waals surface area (Å²) >= 11 is 0. The van der Waals surface area contributed by atoms with Gasteiger partial charge in [0.15, 0.2) is 0 Å². The molecule has 81 valence electrons. The van der Waals surface area contributed by atoms with Gasteiger partial charge in [-0.15, -0.1) is 0 Å². The molecule has 0 aliphatic rings. The van der Waals surface area contributed by atoms with Gasteiger partial charge < -0.3 is 5.73 Å². The van der Waals surface area contributed by atoms with Crippen LogP contribution < -0.4 is 5.73 Å². The molecule has 1 amide bonds. The Bertz CT molecular complexity index is 543. The van der Waals surface area contributed by atoms with Crippen molar-refractivity contribution in [2.75, 3.05) is 0 Å². The van der Waals surface area contributed by atoms with E-state index in [4.69, 9.17) is 5.73 Å². The summed E-state index contributed by atoms with van der Waals surface area (Å²) in [5.41, 5.74) is 8.96. The van der Waals surface area contributed by atoms with E-state index < -0.39 is 6.03 Å². The van der Waals surface area contributed by atoms with Gasteiger partial charge in [0.05, 0.1) is 0 Å². The Morgan fingerprint density at radius 3 is 2.81 bits per heavy atom. The van der Waals surface area contributed by atoms with Gasteiger partial charge in [-0.2, -0.15) is 9.78 Å². The van der Waals surface area contributed by atoms with E-state index in [9.17, 15) is 4.79 Å². The number of aryl methyl sites for hydroxylation is 2. The maximum Gasteiger partial charge on any atom is 0.339 e. The van der Waals surface area contributed by atoms with Crippen LogP contribution in [-0.2, 0) is 0 Å². The van der Waals surface area contributed by atoms with Crippen LogP contribution in [0.15, 0.2) is 24.4 Å². The summed E-state index contributed by atoms with van der Waals surface area (Å²) in [4.78, 5) is 10.9. The van der Waals surface area contributed by atoms with Gasteiger partial charge in [0, 0.05) is 17.8 Å². The van der Waals surface area contributed by atoms with Crippen molar-refractivity contribution in [3.05, 3.63) is 41.6 Å². The minimum absolute atomic E-state index is 0.604. The first-order valence-corrected chi connectivity index (χ1v) is 4.92. The number of nitrogens with zero attached hydrogens (tertiary/aromatic N) is 2. The number of rotatable bonds is 1. The lowest BCUT2D eigenvalue weighted by atomic mass is 10.0. The van der Waals surface area contributed by atoms with Crippen molar-refractivity contribution in [1.82, 2.24) is 9.78 Å². The van der Waals surface area contributed by atoms with Gasteiger partial charge in [0.2, 0.25) is 0 Å². The molecule has 1 aromatic heterocycles. The van der Waals surface area contributed by atoms with Crippen molar-refractivity contribution >= 4 is 6.03 Å². The van der Waals surface area contributed by atoms with Crippen LogP contribution in [0, 0.1) is 19.9 Å². The molecule has 0 aliphatic heterocycles. The maximum atomic E-state index is 10.9. The van der Waals surface area contributed by atoms with Crippen LogP contribution in [0.2, 0.25) is 0 Å². The molecule has 0 saturated carbocycles. The molecule has 0 bridgehead atoms. The summed E-state index contributed by atoms with van der Waals surface area (Å²) < 4.78 is 1.08. The van der Waals surface area contributed by atoms with Gasteiger partial charge in [0.1, 0.15) is 5.69 Å². The zero-order valence-corrected chi connectivity index (χ0v) is 9.19. The Hall–Kier alpha value is -2.10. The monoisotopic (exact) mass is 214 g/mol. The van der Waals surface area contributed by atoms with Gasteiger partial charge in [-0.1, -0.05) is 17.7 Å². The van der Waals surface area contributed by atoms with Crippen molar-refractivity contribution in [2.45, 2.75) is 13.8 Å². The average molecular weight is 214 g/mol. The molecule has 2 rings (SSSR count). The summed E-state index contributed by atoms with van der Waals surface area (Å²) in [6, 6.07) is 8.38. The smallest absolute Gasteiger partial charge is 0.339 e. The molecular formula is C12H12N3O. The zero-order valence-electron chi connectivity index (χ0n) is 9.19. The standard InChI is InChI=1S/C12H12N3O/c1-8-3-4-9(2)10(7-8)11-5-6-15(14-11)12(13)16/h3-4,6-7H,1-2H3,(H2,13,16). The predicted octanol–water partition coefficient (Wildman–Crippen LogP) is 1.89. The highest BCUT2D eigenvalue weighted by atomic mass is 16.2. The van der Waals surface area contributed by atoms with E-state index >= 15 is 0 Å². The quantitative estimate of drug-likeness (QED) is 0.788. The second-order valence-electron chi connectivity index (χ2n) is 3.72. The first kappa shape index (κ1) is 10.4. The number of primary amides is 1. The van der Waals surface area contributed by atoms with Crippen LogP contribution in [0.5, 0.6) is 0 Å². The Morgan fingerprint density at radius 2 is 2.19 bits per heavy atom. The van der Waals surface area contributed by atoms with E-state index in [1.807, 2.05) is 32.0 Å². The lowest BCUT2D eigenvalue weighted by molar-refractivity contribution is 0.248. The summed E-state index contributed by atoms with van der Waals surface area (Å²) in [5.74, 6) is 0.